The highest BCUT2D eigenvalue weighted by Gasteiger charge is 2.23. The molecule has 0 aromatic heterocycles. The molecule has 2 N–H and O–H groups in total. The molecule has 1 saturated carbocycles. The number of methoxy groups -OCH3 is 1. The monoisotopic (exact) mass is 313 g/mol. The summed E-state index contributed by atoms with van der Waals surface area (Å²) < 4.78 is 10.5. The molecule has 98 valence electrons. The molecular formula is C13H16BrNO3. The minimum Gasteiger partial charge on any atom is -0.437 e. The Morgan fingerprint density at radius 1 is 1.39 bits per heavy atom. The predicted molar refractivity (Wildman–Crippen MR) is 72.8 cm³/mol. The molecule has 0 saturated heterocycles. The molecule has 1 aromatic carbocycles. The van der Waals surface area contributed by atoms with Crippen molar-refractivity contribution in [3.63, 3.8) is 0 Å². The molecule has 0 amide bonds. The zero-order chi connectivity index (χ0) is 13.1. The van der Waals surface area contributed by atoms with E-state index in [1.807, 2.05) is 6.07 Å². The number of nitrogens with two attached hydrogens (primary N) is 1. The van der Waals surface area contributed by atoms with Crippen LogP contribution in [0.5, 0.6) is 5.75 Å². The molecule has 1 aliphatic rings. The van der Waals surface area contributed by atoms with E-state index in [0.29, 0.717) is 17.4 Å². The van der Waals surface area contributed by atoms with Crippen molar-refractivity contribution in [1.29, 1.82) is 0 Å². The summed E-state index contributed by atoms with van der Waals surface area (Å²) in [5.74, 6) is 0.941. The highest BCUT2D eigenvalue weighted by molar-refractivity contribution is 9.10. The van der Waals surface area contributed by atoms with Crippen LogP contribution in [0.15, 0.2) is 16.6 Å². The van der Waals surface area contributed by atoms with Gasteiger partial charge in [0, 0.05) is 16.2 Å². The number of ether oxygens (including phenoxy) is 2. The van der Waals surface area contributed by atoms with E-state index >= 15 is 0 Å². The molecule has 2 rings (SSSR count). The number of hydrogen-bond acceptors (Lipinski definition) is 4. The molecule has 1 aromatic rings. The second-order valence-electron chi connectivity index (χ2n) is 4.45. The van der Waals surface area contributed by atoms with E-state index in [1.165, 1.54) is 20.0 Å². The van der Waals surface area contributed by atoms with Crippen LogP contribution in [-0.2, 0) is 4.74 Å². The van der Waals surface area contributed by atoms with Crippen LogP contribution < -0.4 is 10.5 Å². The van der Waals surface area contributed by atoms with Gasteiger partial charge in [0.25, 0.3) is 0 Å². The number of hydrogen-bond donors (Lipinski definition) is 1. The molecular weight excluding hydrogens is 298 g/mol. The van der Waals surface area contributed by atoms with Crippen LogP contribution >= 0.6 is 15.9 Å². The van der Waals surface area contributed by atoms with Crippen molar-refractivity contribution in [2.75, 3.05) is 12.8 Å². The normalized spacial score (nSPS) is 15.7. The number of halogens is 1. The standard InChI is InChI=1S/C13H16BrNO3/c1-17-13(16)18-12-7-11(15)10(14)6-9(12)8-4-2-3-5-8/h6-8H,2-5,15H2,1H3. The van der Waals surface area contributed by atoms with Crippen LogP contribution in [0.1, 0.15) is 37.2 Å². The van der Waals surface area contributed by atoms with Gasteiger partial charge in [0.15, 0.2) is 0 Å². The molecule has 1 aliphatic carbocycles. The summed E-state index contributed by atoms with van der Waals surface area (Å²) in [7, 11) is 1.29. The Balaban J connectivity index is 2.34. The van der Waals surface area contributed by atoms with Gasteiger partial charge in [-0.3, -0.25) is 0 Å². The van der Waals surface area contributed by atoms with Crippen molar-refractivity contribution in [3.8, 4) is 5.75 Å². The average molecular weight is 314 g/mol. The Morgan fingerprint density at radius 2 is 2.06 bits per heavy atom. The smallest absolute Gasteiger partial charge is 0.437 e. The zero-order valence-corrected chi connectivity index (χ0v) is 11.8. The third-order valence-electron chi connectivity index (χ3n) is 3.28. The summed E-state index contributed by atoms with van der Waals surface area (Å²) >= 11 is 3.41. The number of benzene rings is 1. The fourth-order valence-electron chi connectivity index (χ4n) is 2.36. The first-order chi connectivity index (χ1) is 8.61. The van der Waals surface area contributed by atoms with Crippen molar-refractivity contribution in [2.24, 2.45) is 0 Å². The first-order valence-corrected chi connectivity index (χ1v) is 6.76. The van der Waals surface area contributed by atoms with E-state index in [1.54, 1.807) is 6.07 Å². The van der Waals surface area contributed by atoms with E-state index in [4.69, 9.17) is 10.5 Å². The van der Waals surface area contributed by atoms with E-state index in [9.17, 15) is 4.79 Å². The molecule has 5 heteroatoms. The number of nitrogen functional groups attached to an aromatic ring is 1. The van der Waals surface area contributed by atoms with E-state index in [-0.39, 0.29) is 0 Å². The first-order valence-electron chi connectivity index (χ1n) is 5.96. The molecule has 0 radical (unpaired) electrons. The lowest BCUT2D eigenvalue weighted by molar-refractivity contribution is 0.121. The lowest BCUT2D eigenvalue weighted by Crippen LogP contribution is -2.10. The fraction of sp³-hybridized carbons (Fsp3) is 0.462. The average Bonchev–Trinajstić information content (AvgIpc) is 2.87. The second kappa shape index (κ2) is 5.61. The van der Waals surface area contributed by atoms with Crippen molar-refractivity contribution < 1.29 is 14.3 Å². The fourth-order valence-corrected chi connectivity index (χ4v) is 2.72. The number of carbonyl (C=O) groups excluding carboxylic acids is 1. The molecule has 0 aliphatic heterocycles. The summed E-state index contributed by atoms with van der Waals surface area (Å²) in [4.78, 5) is 11.2. The van der Waals surface area contributed by atoms with Crippen LogP contribution in [0.4, 0.5) is 10.5 Å². The van der Waals surface area contributed by atoms with Crippen LogP contribution in [-0.4, -0.2) is 13.3 Å². The molecule has 0 heterocycles. The van der Waals surface area contributed by atoms with Gasteiger partial charge in [-0.25, -0.2) is 4.79 Å². The van der Waals surface area contributed by atoms with Crippen LogP contribution in [0.2, 0.25) is 0 Å². The molecule has 0 unspecified atom stereocenters. The second-order valence-corrected chi connectivity index (χ2v) is 5.30. The number of carbonyl (C=O) groups is 1. The van der Waals surface area contributed by atoms with Crippen LogP contribution in [0.3, 0.4) is 0 Å². The molecule has 4 nitrogen and oxygen atoms in total. The molecule has 0 atom stereocenters. The predicted octanol–water partition coefficient (Wildman–Crippen LogP) is 3.83. The largest absolute Gasteiger partial charge is 0.513 e. The quantitative estimate of drug-likeness (QED) is 0.512. The number of anilines is 1. The Morgan fingerprint density at radius 3 is 2.67 bits per heavy atom. The van der Waals surface area contributed by atoms with Gasteiger partial charge in [-0.15, -0.1) is 0 Å². The minimum atomic E-state index is -0.712. The van der Waals surface area contributed by atoms with Gasteiger partial charge in [-0.1, -0.05) is 12.8 Å². The minimum absolute atomic E-state index is 0.432. The Labute approximate surface area is 115 Å². The summed E-state index contributed by atoms with van der Waals surface area (Å²) in [6.07, 6.45) is 3.95. The Bertz CT molecular complexity index is 456. The van der Waals surface area contributed by atoms with Crippen molar-refractivity contribution in [2.45, 2.75) is 31.6 Å². The third-order valence-corrected chi connectivity index (χ3v) is 3.97. The van der Waals surface area contributed by atoms with Gasteiger partial charge >= 0.3 is 6.16 Å². The zero-order valence-electron chi connectivity index (χ0n) is 10.2. The van der Waals surface area contributed by atoms with E-state index in [0.717, 1.165) is 22.9 Å². The highest BCUT2D eigenvalue weighted by Crippen LogP contribution is 2.41. The van der Waals surface area contributed by atoms with Crippen molar-refractivity contribution >= 4 is 27.8 Å². The summed E-state index contributed by atoms with van der Waals surface area (Å²) in [5, 5.41) is 0. The van der Waals surface area contributed by atoms with Gasteiger partial charge in [0.1, 0.15) is 5.75 Å². The van der Waals surface area contributed by atoms with Gasteiger partial charge < -0.3 is 15.2 Å². The van der Waals surface area contributed by atoms with Gasteiger partial charge in [0.2, 0.25) is 0 Å². The summed E-state index contributed by atoms with van der Waals surface area (Å²) in [5.41, 5.74) is 7.40. The maximum Gasteiger partial charge on any atom is 0.513 e. The van der Waals surface area contributed by atoms with Crippen molar-refractivity contribution in [1.82, 2.24) is 0 Å². The van der Waals surface area contributed by atoms with Gasteiger partial charge in [-0.05, 0) is 46.3 Å². The van der Waals surface area contributed by atoms with Crippen molar-refractivity contribution in [3.05, 3.63) is 22.2 Å². The lowest BCUT2D eigenvalue weighted by Gasteiger charge is -2.16. The Hall–Kier alpha value is -1.23. The maximum absolute atomic E-state index is 11.2. The van der Waals surface area contributed by atoms with Gasteiger partial charge in [-0.2, -0.15) is 0 Å². The topological polar surface area (TPSA) is 61.5 Å². The van der Waals surface area contributed by atoms with Crippen LogP contribution in [0.25, 0.3) is 0 Å². The van der Waals surface area contributed by atoms with Gasteiger partial charge in [0.05, 0.1) is 7.11 Å². The molecule has 0 bridgehead atoms. The van der Waals surface area contributed by atoms with E-state index in [2.05, 4.69) is 20.7 Å². The lowest BCUT2D eigenvalue weighted by atomic mass is 9.96. The third kappa shape index (κ3) is 2.77. The molecule has 0 spiro atoms. The highest BCUT2D eigenvalue weighted by atomic mass is 79.9. The van der Waals surface area contributed by atoms with Crippen LogP contribution in [0, 0.1) is 0 Å². The molecule has 18 heavy (non-hydrogen) atoms. The first kappa shape index (κ1) is 13.2. The maximum atomic E-state index is 11.2. The molecule has 1 fully saturated rings. The summed E-state index contributed by atoms with van der Waals surface area (Å²) in [6.45, 7) is 0. The summed E-state index contributed by atoms with van der Waals surface area (Å²) in [6, 6.07) is 3.62. The number of rotatable bonds is 2. The SMILES string of the molecule is COC(=O)Oc1cc(N)c(Br)cc1C1CCCC1. The Kier molecular flexibility index (Phi) is 4.11. The van der Waals surface area contributed by atoms with E-state index < -0.39 is 6.16 Å².